The zero-order chi connectivity index (χ0) is 33.9. The number of aliphatic hydroxyl groups is 2. The van der Waals surface area contributed by atoms with Crippen molar-refractivity contribution in [2.24, 2.45) is 0 Å². The van der Waals surface area contributed by atoms with E-state index >= 15 is 8.78 Å². The van der Waals surface area contributed by atoms with Crippen molar-refractivity contribution in [1.29, 1.82) is 0 Å². The fourth-order valence-corrected chi connectivity index (χ4v) is 7.22. The van der Waals surface area contributed by atoms with E-state index < -0.39 is 76.9 Å². The SMILES string of the molecule is O=[PH](S)OC1[C@@H](F)[C@H](n2cnc3c(NC/C=C/CNc4ncnc5c4ncn5[C@@H]4OC(CO)[C@@H](O[PH](=O)S)[C@H]4F)ncnc32)O[C@@H]1CO. The molecule has 0 spiro atoms. The predicted molar refractivity (Wildman–Crippen MR) is 174 cm³/mol. The van der Waals surface area contributed by atoms with Crippen LogP contribution in [-0.4, -0.2) is 112 Å². The Morgan fingerprint density at radius 3 is 1.56 bits per heavy atom. The lowest BCUT2D eigenvalue weighted by molar-refractivity contribution is -0.0427. The van der Waals surface area contributed by atoms with Crippen LogP contribution in [0.15, 0.2) is 37.5 Å². The fourth-order valence-electron chi connectivity index (χ4n) is 5.46. The highest BCUT2D eigenvalue weighted by molar-refractivity contribution is 8.39. The summed E-state index contributed by atoms with van der Waals surface area (Å²) in [4.78, 5) is 25.5. The largest absolute Gasteiger partial charge is 0.394 e. The first-order valence-electron chi connectivity index (χ1n) is 14.3. The van der Waals surface area contributed by atoms with Crippen LogP contribution in [0.1, 0.15) is 12.5 Å². The van der Waals surface area contributed by atoms with E-state index in [1.54, 1.807) is 0 Å². The maximum absolute atomic E-state index is 15.2. The number of fused-ring (bicyclic) bond motifs is 2. The number of hydrogen-bond acceptors (Lipinski definition) is 16. The van der Waals surface area contributed by atoms with E-state index in [0.29, 0.717) is 35.8 Å². The zero-order valence-electron chi connectivity index (χ0n) is 24.5. The number of nitrogens with one attached hydrogen (secondary N) is 2. The summed E-state index contributed by atoms with van der Waals surface area (Å²) in [6.45, 7) is -0.455. The highest BCUT2D eigenvalue weighted by Crippen LogP contribution is 2.42. The Kier molecular flexibility index (Phi) is 11.3. The molecule has 2 saturated heterocycles. The van der Waals surface area contributed by atoms with Crippen LogP contribution in [0.2, 0.25) is 0 Å². The number of halogens is 2. The highest BCUT2D eigenvalue weighted by Gasteiger charge is 2.49. The van der Waals surface area contributed by atoms with Gasteiger partial charge in [-0.1, -0.05) is 36.6 Å². The Morgan fingerprint density at radius 1 is 0.771 bits per heavy atom. The Balaban J connectivity index is 1.07. The first-order chi connectivity index (χ1) is 23.2. The van der Waals surface area contributed by atoms with Crippen LogP contribution in [0.5, 0.6) is 0 Å². The topological polar surface area (TPSA) is 223 Å². The number of rotatable bonds is 14. The number of imidazole rings is 2. The molecule has 4 N–H and O–H groups in total. The van der Waals surface area contributed by atoms with E-state index in [0.717, 1.165) is 0 Å². The van der Waals surface area contributed by atoms with Crippen LogP contribution in [0.25, 0.3) is 22.3 Å². The summed E-state index contributed by atoms with van der Waals surface area (Å²) in [5.74, 6) is 0.746. The van der Waals surface area contributed by atoms with Crippen molar-refractivity contribution in [1.82, 2.24) is 39.0 Å². The van der Waals surface area contributed by atoms with Crippen LogP contribution >= 0.6 is 39.0 Å². The molecule has 24 heteroatoms. The molecule has 0 amide bonds. The van der Waals surface area contributed by atoms with Gasteiger partial charge in [-0.05, 0) is 0 Å². The van der Waals surface area contributed by atoms with Crippen LogP contribution in [0, 0.1) is 0 Å². The van der Waals surface area contributed by atoms with Crippen LogP contribution < -0.4 is 10.6 Å². The van der Waals surface area contributed by atoms with Crippen molar-refractivity contribution in [2.75, 3.05) is 36.9 Å². The Labute approximate surface area is 281 Å². The Morgan fingerprint density at radius 2 is 1.19 bits per heavy atom. The van der Waals surface area contributed by atoms with Gasteiger partial charge in [-0.2, -0.15) is 0 Å². The van der Waals surface area contributed by atoms with Crippen LogP contribution in [-0.2, 0) is 27.7 Å². The number of nitrogens with zero attached hydrogens (tertiary/aromatic N) is 8. The third-order valence-electron chi connectivity index (χ3n) is 7.57. The summed E-state index contributed by atoms with van der Waals surface area (Å²) in [5, 5.41) is 25.4. The zero-order valence-corrected chi connectivity index (χ0v) is 28.3. The first kappa shape index (κ1) is 35.1. The van der Waals surface area contributed by atoms with Gasteiger partial charge in [0.15, 0.2) is 58.8 Å². The van der Waals surface area contributed by atoms with Gasteiger partial charge in [-0.3, -0.25) is 18.3 Å². The highest BCUT2D eigenvalue weighted by atomic mass is 32.7. The third-order valence-corrected chi connectivity index (χ3v) is 9.15. The molecule has 0 aromatic carbocycles. The van der Waals surface area contributed by atoms with E-state index in [2.05, 4.69) is 65.0 Å². The van der Waals surface area contributed by atoms with E-state index in [-0.39, 0.29) is 11.3 Å². The quantitative estimate of drug-likeness (QED) is 0.0615. The summed E-state index contributed by atoms with van der Waals surface area (Å²) in [6, 6.07) is 0. The van der Waals surface area contributed by atoms with Crippen LogP contribution in [0.4, 0.5) is 20.4 Å². The summed E-state index contributed by atoms with van der Waals surface area (Å²) >= 11 is 7.42. The molecular formula is C24H30F2N10O8P2S2. The van der Waals surface area contributed by atoms with Gasteiger partial charge in [-0.15, -0.1) is 0 Å². The van der Waals surface area contributed by atoms with Gasteiger partial charge in [-0.25, -0.2) is 38.7 Å². The molecule has 0 radical (unpaired) electrons. The molecule has 4 aromatic heterocycles. The lowest BCUT2D eigenvalue weighted by atomic mass is 10.1. The Hall–Kier alpha value is -2.78. The van der Waals surface area contributed by atoms with Crippen molar-refractivity contribution >= 4 is 72.9 Å². The van der Waals surface area contributed by atoms with Gasteiger partial charge in [0.2, 0.25) is 14.5 Å². The van der Waals surface area contributed by atoms with Gasteiger partial charge in [0, 0.05) is 13.1 Å². The van der Waals surface area contributed by atoms with Gasteiger partial charge in [0.1, 0.15) is 37.1 Å². The van der Waals surface area contributed by atoms with Crippen molar-refractivity contribution in [2.45, 2.75) is 49.2 Å². The molecular weight excluding hydrogens is 720 g/mol. The second-order valence-corrected chi connectivity index (χ2v) is 14.1. The number of thiol groups is 2. The minimum Gasteiger partial charge on any atom is -0.394 e. The summed E-state index contributed by atoms with van der Waals surface area (Å²) in [7, 11) is -5.58. The monoisotopic (exact) mass is 750 g/mol. The first-order valence-corrected chi connectivity index (χ1v) is 19.5. The average Bonchev–Trinajstić information content (AvgIpc) is 3.83. The number of hydrogen-bond donors (Lipinski definition) is 6. The van der Waals surface area contributed by atoms with Crippen molar-refractivity contribution < 1.29 is 46.6 Å². The maximum atomic E-state index is 15.2. The van der Waals surface area contributed by atoms with E-state index in [1.165, 1.54) is 34.4 Å². The van der Waals surface area contributed by atoms with Crippen molar-refractivity contribution in [3.63, 3.8) is 0 Å². The normalized spacial score (nSPS) is 28.9. The molecule has 4 unspecified atom stereocenters. The molecule has 18 nitrogen and oxygen atoms in total. The third kappa shape index (κ3) is 7.09. The summed E-state index contributed by atoms with van der Waals surface area (Å²) < 4.78 is 77.6. The fraction of sp³-hybridized carbons (Fsp3) is 0.500. The minimum atomic E-state index is -2.79. The summed E-state index contributed by atoms with van der Waals surface area (Å²) in [6.07, 6.45) is -1.86. The molecule has 10 atom stereocenters. The molecule has 4 aromatic rings. The molecule has 0 aliphatic carbocycles. The van der Waals surface area contributed by atoms with E-state index in [1.807, 2.05) is 12.2 Å². The van der Waals surface area contributed by atoms with Gasteiger partial charge < -0.3 is 39.4 Å². The molecule has 2 aliphatic heterocycles. The Bertz CT molecular complexity index is 1700. The second kappa shape index (κ2) is 15.4. The van der Waals surface area contributed by atoms with Gasteiger partial charge in [0.25, 0.3) is 0 Å². The standard InChI is InChI=1S/C24H30F2N10O8P2S2/c25-13-17(43-45(39)47)11(5-37)41-23(13)35-9-33-15-19(29-7-31-21(15)35)27-3-1-2-4-28-20-16-22(32-8-30-20)36(10-34-16)24-14(26)18(44-46(40)48)12(6-38)42-24/h1-2,7-14,17-18,23-24,37-38,45-46H,3-6H2,(H,39,47)(H,40,48)(H,27,29,31)(H,28,30,32)/b2-1+/t11-,12?,13-,14-,17?,18-,23-,24-/m1/s1. The van der Waals surface area contributed by atoms with E-state index in [4.69, 9.17) is 18.5 Å². The number of alkyl halides is 2. The number of anilines is 2. The van der Waals surface area contributed by atoms with Gasteiger partial charge >= 0.3 is 0 Å². The molecule has 2 fully saturated rings. The molecule has 48 heavy (non-hydrogen) atoms. The lowest BCUT2D eigenvalue weighted by Crippen LogP contribution is -2.31. The molecule has 260 valence electrons. The molecule has 2 aliphatic rings. The van der Waals surface area contributed by atoms with Crippen molar-refractivity contribution in [3.05, 3.63) is 37.5 Å². The van der Waals surface area contributed by atoms with Crippen LogP contribution in [0.3, 0.4) is 0 Å². The smallest absolute Gasteiger partial charge is 0.243 e. The average molecular weight is 751 g/mol. The number of aliphatic hydroxyl groups excluding tert-OH is 2. The molecule has 0 saturated carbocycles. The van der Waals surface area contributed by atoms with Gasteiger partial charge in [0.05, 0.1) is 25.9 Å². The minimum absolute atomic E-state index is 0.267. The van der Waals surface area contributed by atoms with E-state index in [9.17, 15) is 19.3 Å². The molecule has 0 bridgehead atoms. The predicted octanol–water partition coefficient (Wildman–Crippen LogP) is 1.91. The number of ether oxygens (including phenoxy) is 2. The maximum Gasteiger partial charge on any atom is 0.243 e. The molecule has 6 rings (SSSR count). The summed E-state index contributed by atoms with van der Waals surface area (Å²) in [5.41, 5.74) is 1.22. The lowest BCUT2D eigenvalue weighted by Gasteiger charge is -2.16. The molecule has 6 heterocycles. The number of aromatic nitrogens is 8. The van der Waals surface area contributed by atoms with Crippen molar-refractivity contribution in [3.8, 4) is 0 Å². The second-order valence-electron chi connectivity index (χ2n) is 10.4.